The zero-order valence-electron chi connectivity index (χ0n) is 11.8. The first-order valence-electron chi connectivity index (χ1n) is 6.39. The summed E-state index contributed by atoms with van der Waals surface area (Å²) in [6.45, 7) is 7.44. The van der Waals surface area contributed by atoms with Crippen LogP contribution >= 0.6 is 0 Å². The predicted molar refractivity (Wildman–Crippen MR) is 74.1 cm³/mol. The zero-order chi connectivity index (χ0) is 13.5. The number of nitrogens with one attached hydrogen (secondary N) is 1. The van der Waals surface area contributed by atoms with Gasteiger partial charge in [-0.2, -0.15) is 0 Å². The molecule has 0 saturated carbocycles. The van der Waals surface area contributed by atoms with Gasteiger partial charge >= 0.3 is 0 Å². The Hall–Kier alpha value is -1.35. The van der Waals surface area contributed by atoms with Crippen molar-refractivity contribution in [2.24, 2.45) is 0 Å². The van der Waals surface area contributed by atoms with Crippen molar-refractivity contribution in [3.63, 3.8) is 0 Å². The lowest BCUT2D eigenvalue weighted by Gasteiger charge is -2.13. The number of methoxy groups -OCH3 is 1. The minimum atomic E-state index is 0.251. The summed E-state index contributed by atoms with van der Waals surface area (Å²) in [4.78, 5) is 10.8. The summed E-state index contributed by atoms with van der Waals surface area (Å²) >= 11 is 0. The minimum Gasteiger partial charge on any atom is -0.496 e. The summed E-state index contributed by atoms with van der Waals surface area (Å²) in [6, 6.07) is 4.22. The molecule has 0 aliphatic rings. The lowest BCUT2D eigenvalue weighted by Crippen LogP contribution is -2.17. The number of benzene rings is 1. The van der Waals surface area contributed by atoms with Gasteiger partial charge in [0.2, 0.25) is 0 Å². The molecule has 0 amide bonds. The highest BCUT2D eigenvalue weighted by Gasteiger charge is 2.07. The highest BCUT2D eigenvalue weighted by molar-refractivity contribution is 5.75. The third kappa shape index (κ3) is 4.49. The molecule has 0 spiro atoms. The van der Waals surface area contributed by atoms with Gasteiger partial charge in [0.25, 0.3) is 0 Å². The molecule has 1 rings (SSSR count). The molecule has 0 atom stereocenters. The summed E-state index contributed by atoms with van der Waals surface area (Å²) in [5.41, 5.74) is 3.65. The smallest absolute Gasteiger partial charge is 0.129 e. The number of hydrogen-bond donors (Lipinski definition) is 1. The Balaban J connectivity index is 2.53. The maximum Gasteiger partial charge on any atom is 0.129 e. The third-order valence-corrected chi connectivity index (χ3v) is 2.98. The number of Topliss-reactive ketones (excluding diaryl/α,β-unsaturated/α-hetero) is 1. The highest BCUT2D eigenvalue weighted by atomic mass is 16.5. The van der Waals surface area contributed by atoms with Crippen LogP contribution in [0.15, 0.2) is 12.1 Å². The van der Waals surface area contributed by atoms with Crippen molar-refractivity contribution in [3.05, 3.63) is 28.8 Å². The molecule has 0 aliphatic carbocycles. The lowest BCUT2D eigenvalue weighted by molar-refractivity contribution is -0.117. The first-order valence-corrected chi connectivity index (χ1v) is 6.39. The molecule has 1 aromatic rings. The molecule has 0 fully saturated rings. The Morgan fingerprint density at radius 2 is 2.06 bits per heavy atom. The SMILES string of the molecule is COc1cc(C)cc(C)c1CNCCCC(C)=O. The molecule has 3 heteroatoms. The summed E-state index contributed by atoms with van der Waals surface area (Å²) in [7, 11) is 1.70. The number of rotatable bonds is 7. The Bertz CT molecular complexity index is 413. The fourth-order valence-electron chi connectivity index (χ4n) is 2.04. The number of ketones is 1. The van der Waals surface area contributed by atoms with E-state index in [-0.39, 0.29) is 5.78 Å². The molecule has 0 radical (unpaired) electrons. The van der Waals surface area contributed by atoms with Crippen LogP contribution in [0, 0.1) is 13.8 Å². The van der Waals surface area contributed by atoms with Crippen molar-refractivity contribution in [2.75, 3.05) is 13.7 Å². The Kier molecular flexibility index (Phi) is 5.86. The molecule has 0 saturated heterocycles. The van der Waals surface area contributed by atoms with Crippen molar-refractivity contribution >= 4 is 5.78 Å². The standard InChI is InChI=1S/C15H23NO2/c1-11-8-12(2)14(15(9-11)18-4)10-16-7-5-6-13(3)17/h8-9,16H,5-7,10H2,1-4H3. The lowest BCUT2D eigenvalue weighted by atomic mass is 10.0. The zero-order valence-corrected chi connectivity index (χ0v) is 11.8. The second-order valence-corrected chi connectivity index (χ2v) is 4.74. The van der Waals surface area contributed by atoms with Crippen molar-refractivity contribution in [2.45, 2.75) is 40.2 Å². The summed E-state index contributed by atoms with van der Waals surface area (Å²) in [5, 5.41) is 3.36. The summed E-state index contributed by atoms with van der Waals surface area (Å²) < 4.78 is 5.41. The van der Waals surface area contributed by atoms with Crippen molar-refractivity contribution in [3.8, 4) is 5.75 Å². The van der Waals surface area contributed by atoms with Gasteiger partial charge < -0.3 is 14.8 Å². The van der Waals surface area contributed by atoms with Gasteiger partial charge in [0, 0.05) is 18.5 Å². The molecular formula is C15H23NO2. The normalized spacial score (nSPS) is 10.4. The highest BCUT2D eigenvalue weighted by Crippen LogP contribution is 2.23. The van der Waals surface area contributed by atoms with Gasteiger partial charge in [-0.15, -0.1) is 0 Å². The van der Waals surface area contributed by atoms with Crippen LogP contribution in [0.2, 0.25) is 0 Å². The van der Waals surface area contributed by atoms with Gasteiger partial charge in [-0.1, -0.05) is 6.07 Å². The molecule has 1 aromatic carbocycles. The monoisotopic (exact) mass is 249 g/mol. The summed E-state index contributed by atoms with van der Waals surface area (Å²) in [6.07, 6.45) is 1.54. The average Bonchev–Trinajstić information content (AvgIpc) is 2.30. The average molecular weight is 249 g/mol. The van der Waals surface area contributed by atoms with E-state index in [0.29, 0.717) is 6.42 Å². The van der Waals surface area contributed by atoms with Gasteiger partial charge in [0.05, 0.1) is 7.11 Å². The van der Waals surface area contributed by atoms with Crippen LogP contribution in [0.3, 0.4) is 0 Å². The van der Waals surface area contributed by atoms with Gasteiger partial charge in [-0.25, -0.2) is 0 Å². The number of aryl methyl sites for hydroxylation is 2. The molecule has 18 heavy (non-hydrogen) atoms. The van der Waals surface area contributed by atoms with E-state index in [1.54, 1.807) is 14.0 Å². The van der Waals surface area contributed by atoms with E-state index < -0.39 is 0 Å². The Labute approximate surface area is 110 Å². The maximum atomic E-state index is 10.8. The van der Waals surface area contributed by atoms with Crippen LogP contribution in [0.25, 0.3) is 0 Å². The van der Waals surface area contributed by atoms with Crippen LogP contribution in [0.1, 0.15) is 36.5 Å². The maximum absolute atomic E-state index is 10.8. The number of carbonyl (C=O) groups is 1. The largest absolute Gasteiger partial charge is 0.496 e. The first kappa shape index (κ1) is 14.7. The molecular weight excluding hydrogens is 226 g/mol. The number of carbonyl (C=O) groups excluding carboxylic acids is 1. The molecule has 100 valence electrons. The van der Waals surface area contributed by atoms with Crippen LogP contribution in [0.4, 0.5) is 0 Å². The van der Waals surface area contributed by atoms with Crippen LogP contribution < -0.4 is 10.1 Å². The molecule has 0 bridgehead atoms. The van der Waals surface area contributed by atoms with Gasteiger partial charge in [-0.3, -0.25) is 0 Å². The van der Waals surface area contributed by atoms with Crippen LogP contribution in [-0.4, -0.2) is 19.4 Å². The van der Waals surface area contributed by atoms with Crippen molar-refractivity contribution in [1.29, 1.82) is 0 Å². The second-order valence-electron chi connectivity index (χ2n) is 4.74. The van der Waals surface area contributed by atoms with E-state index in [9.17, 15) is 4.79 Å². The second kappa shape index (κ2) is 7.17. The Morgan fingerprint density at radius 3 is 2.67 bits per heavy atom. The minimum absolute atomic E-state index is 0.251. The Morgan fingerprint density at radius 1 is 1.33 bits per heavy atom. The van der Waals surface area contributed by atoms with Gasteiger partial charge in [0.15, 0.2) is 0 Å². The summed E-state index contributed by atoms with van der Waals surface area (Å²) in [5.74, 6) is 1.19. The van der Waals surface area contributed by atoms with Gasteiger partial charge in [0.1, 0.15) is 11.5 Å². The van der Waals surface area contributed by atoms with E-state index in [4.69, 9.17) is 4.74 Å². The molecule has 0 aromatic heterocycles. The fourth-order valence-corrected chi connectivity index (χ4v) is 2.04. The molecule has 0 unspecified atom stereocenters. The van der Waals surface area contributed by atoms with Crippen LogP contribution in [0.5, 0.6) is 5.75 Å². The first-order chi connectivity index (χ1) is 8.54. The van der Waals surface area contributed by atoms with Crippen LogP contribution in [-0.2, 0) is 11.3 Å². The molecule has 3 nitrogen and oxygen atoms in total. The number of ether oxygens (including phenoxy) is 1. The third-order valence-electron chi connectivity index (χ3n) is 2.98. The molecule has 0 aliphatic heterocycles. The topological polar surface area (TPSA) is 38.3 Å². The van der Waals surface area contributed by atoms with Crippen molar-refractivity contribution in [1.82, 2.24) is 5.32 Å². The van der Waals surface area contributed by atoms with E-state index in [1.807, 2.05) is 0 Å². The van der Waals surface area contributed by atoms with Crippen molar-refractivity contribution < 1.29 is 9.53 Å². The van der Waals surface area contributed by atoms with E-state index in [0.717, 1.165) is 25.3 Å². The van der Waals surface area contributed by atoms with Gasteiger partial charge in [-0.05, 0) is 50.9 Å². The number of hydrogen-bond acceptors (Lipinski definition) is 3. The van der Waals surface area contributed by atoms with E-state index >= 15 is 0 Å². The van der Waals surface area contributed by atoms with E-state index in [2.05, 4.69) is 31.3 Å². The quantitative estimate of drug-likeness (QED) is 0.755. The molecule has 1 N–H and O–H groups in total. The van der Waals surface area contributed by atoms with E-state index in [1.165, 1.54) is 16.7 Å². The fraction of sp³-hybridized carbons (Fsp3) is 0.533. The molecule has 0 heterocycles. The predicted octanol–water partition coefficient (Wildman–Crippen LogP) is 2.77.